The van der Waals surface area contributed by atoms with Crippen LogP contribution in [0.1, 0.15) is 30.0 Å². The van der Waals surface area contributed by atoms with Gasteiger partial charge in [0.15, 0.2) is 0 Å². The van der Waals surface area contributed by atoms with E-state index >= 15 is 0 Å². The van der Waals surface area contributed by atoms with Gasteiger partial charge in [-0.05, 0) is 36.1 Å². The summed E-state index contributed by atoms with van der Waals surface area (Å²) in [5.74, 6) is 0.932. The Morgan fingerprint density at radius 2 is 1.71 bits per heavy atom. The first-order valence-corrected chi connectivity index (χ1v) is 10.1. The summed E-state index contributed by atoms with van der Waals surface area (Å²) in [4.78, 5) is 14.8. The van der Waals surface area contributed by atoms with E-state index < -0.39 is 0 Å². The highest BCUT2D eigenvalue weighted by molar-refractivity contribution is 5.76. The number of carbonyl (C=O) groups excluding carboxylic acids is 1. The van der Waals surface area contributed by atoms with E-state index in [1.54, 1.807) is 0 Å². The fourth-order valence-electron chi connectivity index (χ4n) is 3.42. The van der Waals surface area contributed by atoms with E-state index in [1.165, 1.54) is 11.1 Å². The number of hydrogen-bond donors (Lipinski definition) is 1. The average Bonchev–Trinajstić information content (AvgIpc) is 2.73. The predicted molar refractivity (Wildman–Crippen MR) is 110 cm³/mol. The lowest BCUT2D eigenvalue weighted by molar-refractivity contribution is -0.121. The zero-order chi connectivity index (χ0) is 19.6. The van der Waals surface area contributed by atoms with Gasteiger partial charge < -0.3 is 14.8 Å². The maximum atomic E-state index is 12.4. The van der Waals surface area contributed by atoms with Crippen molar-refractivity contribution < 1.29 is 14.3 Å². The maximum Gasteiger partial charge on any atom is 0.220 e. The minimum Gasteiger partial charge on any atom is -0.494 e. The largest absolute Gasteiger partial charge is 0.494 e. The molecule has 0 aliphatic carbocycles. The number of rotatable bonds is 9. The highest BCUT2D eigenvalue weighted by atomic mass is 16.5. The van der Waals surface area contributed by atoms with Crippen LogP contribution < -0.4 is 10.1 Å². The number of para-hydroxylation sites is 1. The SMILES string of the molecule is CCOc1ccccc1CCC(=O)NCc1ccccc1CN1CCOCC1. The molecule has 1 fully saturated rings. The molecule has 1 heterocycles. The van der Waals surface area contributed by atoms with E-state index in [9.17, 15) is 4.79 Å². The van der Waals surface area contributed by atoms with Crippen molar-refractivity contribution in [3.05, 3.63) is 65.2 Å². The molecule has 1 N–H and O–H groups in total. The summed E-state index contributed by atoms with van der Waals surface area (Å²) in [7, 11) is 0. The van der Waals surface area contributed by atoms with E-state index in [0.29, 0.717) is 26.0 Å². The molecule has 28 heavy (non-hydrogen) atoms. The second-order valence-electron chi connectivity index (χ2n) is 6.97. The van der Waals surface area contributed by atoms with Crippen LogP contribution in [-0.4, -0.2) is 43.7 Å². The van der Waals surface area contributed by atoms with Crippen molar-refractivity contribution in [3.63, 3.8) is 0 Å². The third-order valence-corrected chi connectivity index (χ3v) is 4.99. The molecule has 0 saturated carbocycles. The van der Waals surface area contributed by atoms with Crippen LogP contribution in [0.4, 0.5) is 0 Å². The molecular formula is C23H30N2O3. The highest BCUT2D eigenvalue weighted by Gasteiger charge is 2.13. The lowest BCUT2D eigenvalue weighted by atomic mass is 10.1. The third-order valence-electron chi connectivity index (χ3n) is 4.99. The molecule has 2 aromatic carbocycles. The quantitative estimate of drug-likeness (QED) is 0.724. The summed E-state index contributed by atoms with van der Waals surface area (Å²) in [5, 5.41) is 3.08. The van der Waals surface area contributed by atoms with Gasteiger partial charge in [0, 0.05) is 32.6 Å². The Hall–Kier alpha value is -2.37. The van der Waals surface area contributed by atoms with Gasteiger partial charge in [0.2, 0.25) is 5.91 Å². The number of aryl methyl sites for hydroxylation is 1. The van der Waals surface area contributed by atoms with E-state index in [-0.39, 0.29) is 5.91 Å². The second kappa shape index (κ2) is 10.8. The summed E-state index contributed by atoms with van der Waals surface area (Å²) >= 11 is 0. The Bertz CT molecular complexity index is 757. The van der Waals surface area contributed by atoms with Crippen LogP contribution in [0.5, 0.6) is 5.75 Å². The number of hydrogen-bond acceptors (Lipinski definition) is 4. The zero-order valence-corrected chi connectivity index (χ0v) is 16.7. The summed E-state index contributed by atoms with van der Waals surface area (Å²) in [6.07, 6.45) is 1.13. The zero-order valence-electron chi connectivity index (χ0n) is 16.7. The van der Waals surface area contributed by atoms with Crippen molar-refractivity contribution in [1.82, 2.24) is 10.2 Å². The molecule has 0 spiro atoms. The summed E-state index contributed by atoms with van der Waals surface area (Å²) in [6, 6.07) is 16.3. The molecule has 1 saturated heterocycles. The smallest absolute Gasteiger partial charge is 0.220 e. The molecule has 1 amide bonds. The first-order valence-electron chi connectivity index (χ1n) is 10.1. The van der Waals surface area contributed by atoms with Crippen molar-refractivity contribution in [1.29, 1.82) is 0 Å². The lowest BCUT2D eigenvalue weighted by Crippen LogP contribution is -2.36. The first kappa shape index (κ1) is 20.4. The number of nitrogens with one attached hydrogen (secondary N) is 1. The monoisotopic (exact) mass is 382 g/mol. The number of ether oxygens (including phenoxy) is 2. The van der Waals surface area contributed by atoms with Crippen LogP contribution in [0, 0.1) is 0 Å². The Morgan fingerprint density at radius 3 is 2.46 bits per heavy atom. The Morgan fingerprint density at radius 1 is 1.04 bits per heavy atom. The number of benzene rings is 2. The van der Waals surface area contributed by atoms with Crippen molar-refractivity contribution in [2.45, 2.75) is 32.9 Å². The maximum absolute atomic E-state index is 12.4. The number of carbonyl (C=O) groups is 1. The number of nitrogens with zero attached hydrogens (tertiary/aromatic N) is 1. The standard InChI is InChI=1S/C23H30N2O3/c1-2-28-22-10-6-5-7-19(22)11-12-23(26)24-17-20-8-3-4-9-21(20)18-25-13-15-27-16-14-25/h3-10H,2,11-18H2,1H3,(H,24,26). The minimum atomic E-state index is 0.0625. The molecule has 0 aromatic heterocycles. The molecule has 1 aliphatic heterocycles. The van der Waals surface area contributed by atoms with Crippen molar-refractivity contribution in [3.8, 4) is 5.75 Å². The van der Waals surface area contributed by atoms with Crippen LogP contribution in [-0.2, 0) is 29.0 Å². The van der Waals surface area contributed by atoms with Crippen LogP contribution in [0.15, 0.2) is 48.5 Å². The molecule has 0 unspecified atom stereocenters. The van der Waals surface area contributed by atoms with Gasteiger partial charge in [0.1, 0.15) is 5.75 Å². The Kier molecular flexibility index (Phi) is 7.88. The van der Waals surface area contributed by atoms with Crippen molar-refractivity contribution in [2.75, 3.05) is 32.9 Å². The molecular weight excluding hydrogens is 352 g/mol. The van der Waals surface area contributed by atoms with E-state index in [1.807, 2.05) is 37.3 Å². The van der Waals surface area contributed by atoms with E-state index in [2.05, 4.69) is 28.4 Å². The van der Waals surface area contributed by atoms with Crippen molar-refractivity contribution in [2.24, 2.45) is 0 Å². The lowest BCUT2D eigenvalue weighted by Gasteiger charge is -2.27. The minimum absolute atomic E-state index is 0.0625. The molecule has 1 aliphatic rings. The normalized spacial score (nSPS) is 14.6. The molecule has 2 aromatic rings. The first-order chi connectivity index (χ1) is 13.8. The van der Waals surface area contributed by atoms with E-state index in [4.69, 9.17) is 9.47 Å². The highest BCUT2D eigenvalue weighted by Crippen LogP contribution is 2.19. The van der Waals surface area contributed by atoms with Crippen LogP contribution in [0.2, 0.25) is 0 Å². The Balaban J connectivity index is 1.51. The number of amides is 1. The van der Waals surface area contributed by atoms with Crippen molar-refractivity contribution >= 4 is 5.91 Å². The van der Waals surface area contributed by atoms with Gasteiger partial charge in [0.25, 0.3) is 0 Å². The molecule has 5 heteroatoms. The molecule has 0 atom stereocenters. The van der Waals surface area contributed by atoms with Crippen LogP contribution >= 0.6 is 0 Å². The predicted octanol–water partition coefficient (Wildman–Crippen LogP) is 3.17. The van der Waals surface area contributed by atoms with Gasteiger partial charge in [-0.2, -0.15) is 0 Å². The summed E-state index contributed by atoms with van der Waals surface area (Å²) < 4.78 is 11.1. The molecule has 3 rings (SSSR count). The molecule has 0 bridgehead atoms. The number of morpholine rings is 1. The third kappa shape index (κ3) is 6.08. The molecule has 0 radical (unpaired) electrons. The average molecular weight is 383 g/mol. The summed E-state index contributed by atoms with van der Waals surface area (Å²) in [6.45, 7) is 7.56. The molecule has 150 valence electrons. The van der Waals surface area contributed by atoms with Crippen LogP contribution in [0.25, 0.3) is 0 Å². The second-order valence-corrected chi connectivity index (χ2v) is 6.97. The Labute approximate surface area is 167 Å². The van der Waals surface area contributed by atoms with Gasteiger partial charge in [-0.15, -0.1) is 0 Å². The van der Waals surface area contributed by atoms with E-state index in [0.717, 1.165) is 44.2 Å². The fourth-order valence-corrected chi connectivity index (χ4v) is 3.42. The van der Waals surface area contributed by atoms with Gasteiger partial charge >= 0.3 is 0 Å². The van der Waals surface area contributed by atoms with Crippen LogP contribution in [0.3, 0.4) is 0 Å². The summed E-state index contributed by atoms with van der Waals surface area (Å²) in [5.41, 5.74) is 3.52. The molecule has 5 nitrogen and oxygen atoms in total. The van der Waals surface area contributed by atoms with Gasteiger partial charge in [-0.1, -0.05) is 42.5 Å². The van der Waals surface area contributed by atoms with Gasteiger partial charge in [0.05, 0.1) is 19.8 Å². The fraction of sp³-hybridized carbons (Fsp3) is 0.435. The van der Waals surface area contributed by atoms with Gasteiger partial charge in [-0.3, -0.25) is 9.69 Å². The van der Waals surface area contributed by atoms with Gasteiger partial charge in [-0.25, -0.2) is 0 Å². The topological polar surface area (TPSA) is 50.8 Å².